The number of fused-ring (bicyclic) bond motifs is 1. The summed E-state index contributed by atoms with van der Waals surface area (Å²) >= 11 is 7.70. The van der Waals surface area contributed by atoms with Gasteiger partial charge in [0.15, 0.2) is 5.13 Å². The fraction of sp³-hybridized carbons (Fsp3) is 0.348. The van der Waals surface area contributed by atoms with E-state index in [1.807, 2.05) is 19.0 Å². The van der Waals surface area contributed by atoms with Gasteiger partial charge in [-0.1, -0.05) is 22.9 Å². The molecular weight excluding hydrogens is 467 g/mol. The minimum absolute atomic E-state index is 0.0870. The van der Waals surface area contributed by atoms with Gasteiger partial charge in [-0.05, 0) is 50.5 Å². The number of methoxy groups -OCH3 is 1. The van der Waals surface area contributed by atoms with Crippen molar-refractivity contribution < 1.29 is 18.7 Å². The number of ether oxygens (including phenoxy) is 1. The van der Waals surface area contributed by atoms with Crippen LogP contribution in [0.25, 0.3) is 10.2 Å². The first-order chi connectivity index (χ1) is 15.8. The molecule has 2 aromatic carbocycles. The molecular formula is C23H24ClFN4O3S. The molecule has 0 radical (unpaired) electrons. The number of likely N-dealkylation sites (N-methyl/N-ethyl adjacent to an activating group) is 1. The van der Waals surface area contributed by atoms with E-state index in [9.17, 15) is 14.0 Å². The maximum Gasteiger partial charge on any atom is 0.234 e. The average molecular weight is 491 g/mol. The standard InChI is InChI=1S/C23H24ClFN4O3S/c1-27(2)10-11-28(23-26-20-18(32-3)9-8-17(24)21(20)33-23)22(31)14-12-19(30)29(13-14)16-6-4-15(25)5-7-16/h4-9,14H,10-13H2,1-3H3. The lowest BCUT2D eigenvalue weighted by atomic mass is 10.1. The second-order valence-electron chi connectivity index (χ2n) is 8.10. The summed E-state index contributed by atoms with van der Waals surface area (Å²) in [6.07, 6.45) is 0.0870. The Morgan fingerprint density at radius 2 is 1.97 bits per heavy atom. The fourth-order valence-electron chi connectivity index (χ4n) is 3.79. The molecule has 1 aliphatic rings. The number of hydrogen-bond donors (Lipinski definition) is 0. The number of nitrogens with zero attached hydrogens (tertiary/aromatic N) is 4. The zero-order valence-corrected chi connectivity index (χ0v) is 20.1. The molecule has 4 rings (SSSR count). The Hall–Kier alpha value is -2.75. The molecule has 1 atom stereocenters. The van der Waals surface area contributed by atoms with Crippen molar-refractivity contribution in [2.24, 2.45) is 5.92 Å². The minimum atomic E-state index is -0.533. The number of carbonyl (C=O) groups excluding carboxylic acids is 2. The molecule has 33 heavy (non-hydrogen) atoms. The first kappa shape index (κ1) is 23.4. The zero-order valence-electron chi connectivity index (χ0n) is 18.5. The van der Waals surface area contributed by atoms with Crippen LogP contribution >= 0.6 is 22.9 Å². The molecule has 1 saturated heterocycles. The number of hydrogen-bond acceptors (Lipinski definition) is 6. The van der Waals surface area contributed by atoms with Crippen LogP contribution in [0.5, 0.6) is 5.75 Å². The molecule has 10 heteroatoms. The number of carbonyl (C=O) groups is 2. The van der Waals surface area contributed by atoms with E-state index < -0.39 is 5.92 Å². The lowest BCUT2D eigenvalue weighted by Crippen LogP contribution is -2.41. The van der Waals surface area contributed by atoms with Crippen molar-refractivity contribution in [1.82, 2.24) is 9.88 Å². The van der Waals surface area contributed by atoms with Crippen LogP contribution in [-0.4, -0.2) is 62.5 Å². The predicted molar refractivity (Wildman–Crippen MR) is 129 cm³/mol. The number of halogens is 2. The average Bonchev–Trinajstić information content (AvgIpc) is 3.39. The van der Waals surface area contributed by atoms with Crippen LogP contribution in [0.3, 0.4) is 0 Å². The van der Waals surface area contributed by atoms with Gasteiger partial charge in [0.1, 0.15) is 17.1 Å². The van der Waals surface area contributed by atoms with Gasteiger partial charge < -0.3 is 14.5 Å². The number of aromatic nitrogens is 1. The zero-order chi connectivity index (χ0) is 23.7. The van der Waals surface area contributed by atoms with E-state index in [0.717, 1.165) is 4.70 Å². The van der Waals surface area contributed by atoms with E-state index in [4.69, 9.17) is 16.3 Å². The summed E-state index contributed by atoms with van der Waals surface area (Å²) in [5.41, 5.74) is 1.18. The van der Waals surface area contributed by atoms with Gasteiger partial charge in [0.2, 0.25) is 11.8 Å². The molecule has 0 bridgehead atoms. The van der Waals surface area contributed by atoms with Crippen LogP contribution in [0.15, 0.2) is 36.4 Å². The lowest BCUT2D eigenvalue weighted by molar-refractivity contribution is -0.124. The van der Waals surface area contributed by atoms with Crippen molar-refractivity contribution in [2.45, 2.75) is 6.42 Å². The molecule has 1 fully saturated rings. The molecule has 1 aliphatic heterocycles. The highest BCUT2D eigenvalue weighted by molar-refractivity contribution is 7.23. The third-order valence-electron chi connectivity index (χ3n) is 5.55. The van der Waals surface area contributed by atoms with Gasteiger partial charge in [0, 0.05) is 31.7 Å². The highest BCUT2D eigenvalue weighted by Crippen LogP contribution is 2.39. The Kier molecular flexibility index (Phi) is 6.83. The Morgan fingerprint density at radius 3 is 2.64 bits per heavy atom. The molecule has 1 aromatic heterocycles. The molecule has 0 saturated carbocycles. The van der Waals surface area contributed by atoms with Gasteiger partial charge in [-0.15, -0.1) is 0 Å². The molecule has 7 nitrogen and oxygen atoms in total. The fourth-order valence-corrected chi connectivity index (χ4v) is 5.07. The highest BCUT2D eigenvalue weighted by atomic mass is 35.5. The maximum absolute atomic E-state index is 13.6. The molecule has 0 N–H and O–H groups in total. The van der Waals surface area contributed by atoms with E-state index in [-0.39, 0.29) is 30.6 Å². The highest BCUT2D eigenvalue weighted by Gasteiger charge is 2.38. The number of benzene rings is 2. The monoisotopic (exact) mass is 490 g/mol. The minimum Gasteiger partial charge on any atom is -0.494 e. The van der Waals surface area contributed by atoms with E-state index in [1.165, 1.54) is 28.4 Å². The van der Waals surface area contributed by atoms with Gasteiger partial charge in [-0.25, -0.2) is 9.37 Å². The Labute approximate surface area is 200 Å². The smallest absolute Gasteiger partial charge is 0.234 e. The second kappa shape index (κ2) is 9.62. The molecule has 174 valence electrons. The number of thiazole rings is 1. The van der Waals surface area contributed by atoms with Gasteiger partial charge in [0.05, 0.1) is 22.8 Å². The summed E-state index contributed by atoms with van der Waals surface area (Å²) in [4.78, 5) is 36.1. The summed E-state index contributed by atoms with van der Waals surface area (Å²) in [5.74, 6) is -0.673. The topological polar surface area (TPSA) is 66.0 Å². The normalized spacial score (nSPS) is 16.1. The van der Waals surface area contributed by atoms with Crippen molar-refractivity contribution in [2.75, 3.05) is 50.6 Å². The summed E-state index contributed by atoms with van der Waals surface area (Å²) < 4.78 is 19.5. The van der Waals surface area contributed by atoms with E-state index >= 15 is 0 Å². The summed E-state index contributed by atoms with van der Waals surface area (Å²) in [7, 11) is 5.41. The van der Waals surface area contributed by atoms with Crippen LogP contribution in [0.2, 0.25) is 5.02 Å². The molecule has 2 amide bonds. The summed E-state index contributed by atoms with van der Waals surface area (Å²) in [6, 6.07) is 9.19. The molecule has 2 heterocycles. The van der Waals surface area contributed by atoms with Crippen LogP contribution in [0.1, 0.15) is 6.42 Å². The van der Waals surface area contributed by atoms with Gasteiger partial charge in [0.25, 0.3) is 0 Å². The van der Waals surface area contributed by atoms with Gasteiger partial charge in [-0.2, -0.15) is 0 Å². The Balaban J connectivity index is 1.64. The van der Waals surface area contributed by atoms with Crippen molar-refractivity contribution in [3.8, 4) is 5.75 Å². The van der Waals surface area contributed by atoms with Crippen molar-refractivity contribution in [3.63, 3.8) is 0 Å². The van der Waals surface area contributed by atoms with Crippen LogP contribution in [0, 0.1) is 11.7 Å². The van der Waals surface area contributed by atoms with E-state index in [1.54, 1.807) is 36.3 Å². The van der Waals surface area contributed by atoms with Crippen LogP contribution < -0.4 is 14.5 Å². The third-order valence-corrected chi connectivity index (χ3v) is 7.09. The Bertz CT molecular complexity index is 1180. The molecule has 3 aromatic rings. The van der Waals surface area contributed by atoms with Crippen molar-refractivity contribution in [1.29, 1.82) is 0 Å². The van der Waals surface area contributed by atoms with Crippen LogP contribution in [0.4, 0.5) is 15.2 Å². The Morgan fingerprint density at radius 1 is 1.24 bits per heavy atom. The van der Waals surface area contributed by atoms with E-state index in [0.29, 0.717) is 40.2 Å². The van der Waals surface area contributed by atoms with Gasteiger partial charge >= 0.3 is 0 Å². The maximum atomic E-state index is 13.6. The first-order valence-electron chi connectivity index (χ1n) is 10.4. The van der Waals surface area contributed by atoms with Crippen molar-refractivity contribution >= 4 is 55.8 Å². The van der Waals surface area contributed by atoms with Crippen LogP contribution in [-0.2, 0) is 9.59 Å². The summed E-state index contributed by atoms with van der Waals surface area (Å²) in [5, 5.41) is 1.05. The van der Waals surface area contributed by atoms with E-state index in [2.05, 4.69) is 4.98 Å². The third kappa shape index (κ3) is 4.80. The quantitative estimate of drug-likeness (QED) is 0.500. The largest absolute Gasteiger partial charge is 0.494 e. The summed E-state index contributed by atoms with van der Waals surface area (Å²) in [6.45, 7) is 1.26. The predicted octanol–water partition coefficient (Wildman–Crippen LogP) is 4.05. The van der Waals surface area contributed by atoms with Crippen molar-refractivity contribution in [3.05, 3.63) is 47.2 Å². The molecule has 1 unspecified atom stereocenters. The number of anilines is 2. The van der Waals surface area contributed by atoms with Gasteiger partial charge in [-0.3, -0.25) is 14.5 Å². The lowest BCUT2D eigenvalue weighted by Gasteiger charge is -2.24. The molecule has 0 spiro atoms. The second-order valence-corrected chi connectivity index (χ2v) is 9.48. The SMILES string of the molecule is COc1ccc(Cl)c2sc(N(CCN(C)C)C(=O)C3CC(=O)N(c4ccc(F)cc4)C3)nc12. The first-order valence-corrected chi connectivity index (χ1v) is 11.6. The number of amides is 2. The molecule has 0 aliphatic carbocycles. The number of rotatable bonds is 7.